The summed E-state index contributed by atoms with van der Waals surface area (Å²) in [7, 11) is 0. The lowest BCUT2D eigenvalue weighted by Crippen LogP contribution is -2.35. The van der Waals surface area contributed by atoms with Crippen molar-refractivity contribution < 1.29 is 19.3 Å². The molecule has 14 heavy (non-hydrogen) atoms. The number of amides is 1. The van der Waals surface area contributed by atoms with Crippen molar-refractivity contribution in [3.63, 3.8) is 0 Å². The van der Waals surface area contributed by atoms with Crippen LogP contribution in [0.5, 0.6) is 0 Å². The SMILES string of the molecule is CC(C)(C)ON(C=O)OC(=O)C1CC1. The van der Waals surface area contributed by atoms with Crippen molar-refractivity contribution in [2.45, 2.75) is 39.2 Å². The minimum Gasteiger partial charge on any atom is -0.312 e. The maximum atomic E-state index is 11.2. The lowest BCUT2D eigenvalue weighted by Gasteiger charge is -2.24. The van der Waals surface area contributed by atoms with Gasteiger partial charge in [0.25, 0.3) is 6.41 Å². The zero-order valence-electron chi connectivity index (χ0n) is 8.65. The van der Waals surface area contributed by atoms with Gasteiger partial charge in [-0.15, -0.1) is 0 Å². The molecule has 0 radical (unpaired) electrons. The normalized spacial score (nSPS) is 16.2. The molecular formula is C9H15NO4. The average Bonchev–Trinajstić information content (AvgIpc) is 2.82. The standard InChI is InChI=1S/C9H15NO4/c1-9(2,3)14-10(6-11)13-8(12)7-4-5-7/h6-7H,4-5H2,1-3H3. The molecule has 5 nitrogen and oxygen atoms in total. The van der Waals surface area contributed by atoms with Crippen LogP contribution in [0, 0.1) is 5.92 Å². The van der Waals surface area contributed by atoms with Gasteiger partial charge in [0, 0.05) is 0 Å². The van der Waals surface area contributed by atoms with Gasteiger partial charge < -0.3 is 4.84 Å². The molecule has 0 aromatic carbocycles. The summed E-state index contributed by atoms with van der Waals surface area (Å²) < 4.78 is 0. The highest BCUT2D eigenvalue weighted by Crippen LogP contribution is 2.30. The van der Waals surface area contributed by atoms with Crippen LogP contribution in [0.2, 0.25) is 0 Å². The molecule has 0 aromatic rings. The van der Waals surface area contributed by atoms with E-state index in [0.717, 1.165) is 12.8 Å². The molecule has 0 atom stereocenters. The quantitative estimate of drug-likeness (QED) is 0.503. The highest BCUT2D eigenvalue weighted by molar-refractivity contribution is 5.75. The molecular weight excluding hydrogens is 186 g/mol. The van der Waals surface area contributed by atoms with Gasteiger partial charge in [-0.05, 0) is 38.8 Å². The first-order valence-electron chi connectivity index (χ1n) is 4.58. The predicted molar refractivity (Wildman–Crippen MR) is 47.6 cm³/mol. The van der Waals surface area contributed by atoms with E-state index in [1.54, 1.807) is 20.8 Å². The van der Waals surface area contributed by atoms with Gasteiger partial charge in [0.05, 0.1) is 11.5 Å². The van der Waals surface area contributed by atoms with E-state index in [1.165, 1.54) is 0 Å². The summed E-state index contributed by atoms with van der Waals surface area (Å²) in [6, 6.07) is 0. The molecule has 0 spiro atoms. The summed E-state index contributed by atoms with van der Waals surface area (Å²) in [5.74, 6) is -0.456. The van der Waals surface area contributed by atoms with Crippen LogP contribution >= 0.6 is 0 Å². The van der Waals surface area contributed by atoms with Gasteiger partial charge >= 0.3 is 5.97 Å². The van der Waals surface area contributed by atoms with Crippen LogP contribution in [0.1, 0.15) is 33.6 Å². The molecule has 5 heteroatoms. The van der Waals surface area contributed by atoms with E-state index < -0.39 is 11.6 Å². The largest absolute Gasteiger partial charge is 0.338 e. The number of hydrogen-bond acceptors (Lipinski definition) is 4. The molecule has 0 bridgehead atoms. The van der Waals surface area contributed by atoms with Crippen LogP contribution in [0.25, 0.3) is 0 Å². The lowest BCUT2D eigenvalue weighted by molar-refractivity contribution is -0.348. The van der Waals surface area contributed by atoms with Gasteiger partial charge in [-0.25, -0.2) is 9.63 Å². The van der Waals surface area contributed by atoms with Crippen molar-refractivity contribution in [3.8, 4) is 0 Å². The third-order valence-corrected chi connectivity index (χ3v) is 1.54. The number of rotatable bonds is 4. The summed E-state index contributed by atoms with van der Waals surface area (Å²) in [6.45, 7) is 5.28. The van der Waals surface area contributed by atoms with E-state index in [2.05, 4.69) is 0 Å². The van der Waals surface area contributed by atoms with Crippen molar-refractivity contribution in [2.75, 3.05) is 0 Å². The fourth-order valence-electron chi connectivity index (χ4n) is 0.814. The number of hydroxylamine groups is 2. The molecule has 1 amide bonds. The second kappa shape index (κ2) is 3.96. The Morgan fingerprint density at radius 1 is 1.43 bits per heavy atom. The molecule has 1 rings (SSSR count). The van der Waals surface area contributed by atoms with Gasteiger partial charge in [0.1, 0.15) is 0 Å². The zero-order valence-corrected chi connectivity index (χ0v) is 8.65. The van der Waals surface area contributed by atoms with Crippen LogP contribution in [0.4, 0.5) is 0 Å². The second-order valence-electron chi connectivity index (χ2n) is 4.28. The van der Waals surface area contributed by atoms with E-state index in [0.29, 0.717) is 11.6 Å². The second-order valence-corrected chi connectivity index (χ2v) is 4.28. The third kappa shape index (κ3) is 3.74. The van der Waals surface area contributed by atoms with Gasteiger partial charge in [-0.1, -0.05) is 0 Å². The summed E-state index contributed by atoms with van der Waals surface area (Å²) in [5, 5.41) is 0.584. The Kier molecular flexibility index (Phi) is 3.10. The molecule has 0 aliphatic heterocycles. The monoisotopic (exact) mass is 201 g/mol. The topological polar surface area (TPSA) is 55.8 Å². The highest BCUT2D eigenvalue weighted by Gasteiger charge is 2.33. The van der Waals surface area contributed by atoms with Crippen molar-refractivity contribution in [2.24, 2.45) is 5.92 Å². The van der Waals surface area contributed by atoms with Crippen molar-refractivity contribution in [1.82, 2.24) is 5.23 Å². The first-order chi connectivity index (χ1) is 6.42. The first kappa shape index (κ1) is 11.0. The van der Waals surface area contributed by atoms with E-state index in [-0.39, 0.29) is 5.92 Å². The molecule has 0 heterocycles. The minimum absolute atomic E-state index is 0.0546. The Labute approximate surface area is 82.9 Å². The van der Waals surface area contributed by atoms with Crippen molar-refractivity contribution in [3.05, 3.63) is 0 Å². The fraction of sp³-hybridized carbons (Fsp3) is 0.778. The highest BCUT2D eigenvalue weighted by atomic mass is 17.0. The molecule has 1 fully saturated rings. The number of nitrogens with zero attached hydrogens (tertiary/aromatic N) is 1. The molecule has 0 N–H and O–H groups in total. The fourth-order valence-corrected chi connectivity index (χ4v) is 0.814. The lowest BCUT2D eigenvalue weighted by atomic mass is 10.2. The number of carbonyl (C=O) groups excluding carboxylic acids is 2. The van der Waals surface area contributed by atoms with Gasteiger partial charge in [0.15, 0.2) is 0 Å². The molecule has 1 aliphatic rings. The Bertz CT molecular complexity index is 229. The van der Waals surface area contributed by atoms with Gasteiger partial charge in [0.2, 0.25) is 0 Å². The molecule has 0 unspecified atom stereocenters. The minimum atomic E-state index is -0.565. The van der Waals surface area contributed by atoms with Crippen molar-refractivity contribution >= 4 is 12.4 Å². The predicted octanol–water partition coefficient (Wildman–Crippen LogP) is 1.04. The zero-order chi connectivity index (χ0) is 10.8. The van der Waals surface area contributed by atoms with E-state index in [1.807, 2.05) is 0 Å². The van der Waals surface area contributed by atoms with E-state index >= 15 is 0 Å². The van der Waals surface area contributed by atoms with E-state index in [9.17, 15) is 9.59 Å². The summed E-state index contributed by atoms with van der Waals surface area (Å²) in [4.78, 5) is 31.4. The Morgan fingerprint density at radius 2 is 2.00 bits per heavy atom. The van der Waals surface area contributed by atoms with Crippen molar-refractivity contribution in [1.29, 1.82) is 0 Å². The maximum Gasteiger partial charge on any atom is 0.338 e. The molecule has 0 saturated heterocycles. The van der Waals surface area contributed by atoms with E-state index in [4.69, 9.17) is 9.68 Å². The first-order valence-corrected chi connectivity index (χ1v) is 4.58. The Morgan fingerprint density at radius 3 is 2.36 bits per heavy atom. The Hall–Kier alpha value is -1.10. The molecule has 80 valence electrons. The Balaban J connectivity index is 2.37. The van der Waals surface area contributed by atoms with Crippen LogP contribution in [-0.4, -0.2) is 23.2 Å². The number of carbonyl (C=O) groups is 2. The molecule has 0 aromatic heterocycles. The summed E-state index contributed by atoms with van der Waals surface area (Å²) >= 11 is 0. The summed E-state index contributed by atoms with van der Waals surface area (Å²) in [6.07, 6.45) is 2.01. The number of hydrogen-bond donors (Lipinski definition) is 0. The van der Waals surface area contributed by atoms with Crippen LogP contribution < -0.4 is 0 Å². The smallest absolute Gasteiger partial charge is 0.312 e. The van der Waals surface area contributed by atoms with Crippen LogP contribution in [0.3, 0.4) is 0 Å². The third-order valence-electron chi connectivity index (χ3n) is 1.54. The average molecular weight is 201 g/mol. The summed E-state index contributed by atoms with van der Waals surface area (Å²) in [5.41, 5.74) is -0.565. The van der Waals surface area contributed by atoms with Gasteiger partial charge in [-0.3, -0.25) is 4.79 Å². The van der Waals surface area contributed by atoms with Crippen LogP contribution in [-0.2, 0) is 19.3 Å². The maximum absolute atomic E-state index is 11.2. The van der Waals surface area contributed by atoms with Crippen LogP contribution in [0.15, 0.2) is 0 Å². The molecule has 1 aliphatic carbocycles. The molecule has 1 saturated carbocycles. The van der Waals surface area contributed by atoms with Gasteiger partial charge in [-0.2, -0.15) is 0 Å².